The van der Waals surface area contributed by atoms with E-state index < -0.39 is 0 Å². The molecule has 0 spiro atoms. The fourth-order valence-corrected chi connectivity index (χ4v) is 4.91. The van der Waals surface area contributed by atoms with Crippen LogP contribution >= 0.6 is 0 Å². The minimum atomic E-state index is -0.233. The normalized spacial score (nSPS) is 20.0. The van der Waals surface area contributed by atoms with E-state index in [1.54, 1.807) is 7.11 Å². The minimum Gasteiger partial charge on any atom is -0.497 e. The van der Waals surface area contributed by atoms with Gasteiger partial charge < -0.3 is 20.1 Å². The topological polar surface area (TPSA) is 59.6 Å². The van der Waals surface area contributed by atoms with Gasteiger partial charge in [-0.2, -0.15) is 0 Å². The van der Waals surface area contributed by atoms with Gasteiger partial charge in [0.05, 0.1) is 30.6 Å². The molecular weight excluding hydrogens is 436 g/mol. The average Bonchev–Trinajstić information content (AvgIpc) is 3.06. The summed E-state index contributed by atoms with van der Waals surface area (Å²) in [5.74, 6) is 1.96. The van der Waals surface area contributed by atoms with E-state index in [0.717, 1.165) is 58.1 Å². The lowest BCUT2D eigenvalue weighted by Crippen LogP contribution is -2.26. The lowest BCUT2D eigenvalue weighted by atomic mass is 9.78. The molecule has 180 valence electrons. The number of hydrogen-bond donors (Lipinski definition) is 2. The second-order valence-electron chi connectivity index (χ2n) is 9.35. The number of para-hydroxylation sites is 2. The molecule has 1 aliphatic carbocycles. The number of fused-ring (bicyclic) bond motifs is 1. The van der Waals surface area contributed by atoms with Gasteiger partial charge in [0.15, 0.2) is 5.78 Å². The van der Waals surface area contributed by atoms with E-state index in [9.17, 15) is 4.79 Å². The molecule has 3 aromatic carbocycles. The number of hydrogen-bond acceptors (Lipinski definition) is 5. The summed E-state index contributed by atoms with van der Waals surface area (Å²) < 4.78 is 11.3. The first-order chi connectivity index (χ1) is 17.1. The molecule has 0 amide bonds. The van der Waals surface area contributed by atoms with Crippen molar-refractivity contribution in [2.45, 2.75) is 51.2 Å². The Morgan fingerprint density at radius 1 is 0.886 bits per heavy atom. The van der Waals surface area contributed by atoms with Crippen LogP contribution in [0.4, 0.5) is 11.4 Å². The van der Waals surface area contributed by atoms with Crippen LogP contribution in [0.5, 0.6) is 11.5 Å². The molecule has 3 atom stereocenters. The second kappa shape index (κ2) is 9.87. The average molecular weight is 469 g/mol. The Kier molecular flexibility index (Phi) is 6.49. The van der Waals surface area contributed by atoms with Crippen LogP contribution in [0.25, 0.3) is 0 Å². The number of benzene rings is 3. The third-order valence-electron chi connectivity index (χ3n) is 7.02. The number of Topliss-reactive ketones (excluding diaryl/α,β-unsaturated/α-hetero) is 1. The smallest absolute Gasteiger partial charge is 0.163 e. The van der Waals surface area contributed by atoms with Crippen LogP contribution in [0, 0.1) is 0 Å². The number of ether oxygens (including phenoxy) is 2. The Labute approximate surface area is 207 Å². The Balaban J connectivity index is 1.51. The lowest BCUT2D eigenvalue weighted by Gasteiger charge is -2.30. The molecular formula is C30H32N2O3. The zero-order valence-corrected chi connectivity index (χ0v) is 20.5. The highest BCUT2D eigenvalue weighted by Gasteiger charge is 2.36. The Morgan fingerprint density at radius 2 is 1.54 bits per heavy atom. The van der Waals surface area contributed by atoms with Gasteiger partial charge in [-0.25, -0.2) is 0 Å². The van der Waals surface area contributed by atoms with Crippen molar-refractivity contribution in [2.75, 3.05) is 17.7 Å². The Bertz CT molecular complexity index is 1230. The van der Waals surface area contributed by atoms with E-state index in [1.165, 1.54) is 0 Å². The van der Waals surface area contributed by atoms with Gasteiger partial charge in [0, 0.05) is 17.7 Å². The molecule has 0 radical (unpaired) electrons. The summed E-state index contributed by atoms with van der Waals surface area (Å²) >= 11 is 0. The van der Waals surface area contributed by atoms with E-state index in [-0.39, 0.29) is 23.8 Å². The highest BCUT2D eigenvalue weighted by atomic mass is 16.5. The van der Waals surface area contributed by atoms with Crippen molar-refractivity contribution < 1.29 is 14.3 Å². The van der Waals surface area contributed by atoms with Crippen molar-refractivity contribution in [3.05, 3.63) is 95.2 Å². The van der Waals surface area contributed by atoms with Gasteiger partial charge in [-0.3, -0.25) is 4.79 Å². The van der Waals surface area contributed by atoms with E-state index in [2.05, 4.69) is 60.9 Å². The molecule has 0 aromatic heterocycles. The SMILES string of the molecule is CCC(C)Oc1ccc(C2Nc3ccccc3NC3=C2C(=O)CC(c2ccc(OC)cc2)C3)cc1. The molecule has 0 saturated heterocycles. The highest BCUT2D eigenvalue weighted by Crippen LogP contribution is 2.44. The maximum Gasteiger partial charge on any atom is 0.163 e. The third kappa shape index (κ3) is 4.76. The molecule has 1 aliphatic heterocycles. The molecule has 1 heterocycles. The van der Waals surface area contributed by atoms with E-state index in [0.29, 0.717) is 6.42 Å². The summed E-state index contributed by atoms with van der Waals surface area (Å²) in [6, 6.07) is 24.1. The first-order valence-corrected chi connectivity index (χ1v) is 12.3. The van der Waals surface area contributed by atoms with Crippen molar-refractivity contribution in [1.82, 2.24) is 0 Å². The quantitative estimate of drug-likeness (QED) is 0.414. The third-order valence-corrected chi connectivity index (χ3v) is 7.02. The molecule has 3 unspecified atom stereocenters. The monoisotopic (exact) mass is 468 g/mol. The molecule has 0 bridgehead atoms. The minimum absolute atomic E-state index is 0.122. The largest absolute Gasteiger partial charge is 0.497 e. The van der Waals surface area contributed by atoms with Crippen molar-refractivity contribution in [2.24, 2.45) is 0 Å². The summed E-state index contributed by atoms with van der Waals surface area (Å²) in [6.07, 6.45) is 2.37. The van der Waals surface area contributed by atoms with Gasteiger partial charge >= 0.3 is 0 Å². The highest BCUT2D eigenvalue weighted by molar-refractivity contribution is 6.01. The summed E-state index contributed by atoms with van der Waals surface area (Å²) in [5, 5.41) is 7.25. The molecule has 2 N–H and O–H groups in total. The van der Waals surface area contributed by atoms with Crippen LogP contribution in [0.1, 0.15) is 56.2 Å². The van der Waals surface area contributed by atoms with E-state index >= 15 is 0 Å². The predicted octanol–water partition coefficient (Wildman–Crippen LogP) is 6.85. The van der Waals surface area contributed by atoms with E-state index in [4.69, 9.17) is 9.47 Å². The molecule has 3 aromatic rings. The van der Waals surface area contributed by atoms with Crippen LogP contribution in [0.15, 0.2) is 84.1 Å². The molecule has 0 saturated carbocycles. The second-order valence-corrected chi connectivity index (χ2v) is 9.35. The summed E-state index contributed by atoms with van der Waals surface area (Å²) in [6.45, 7) is 4.18. The predicted molar refractivity (Wildman–Crippen MR) is 140 cm³/mol. The van der Waals surface area contributed by atoms with Crippen molar-refractivity contribution in [3.63, 3.8) is 0 Å². The van der Waals surface area contributed by atoms with Crippen LogP contribution in [-0.2, 0) is 4.79 Å². The van der Waals surface area contributed by atoms with Crippen LogP contribution in [0.3, 0.4) is 0 Å². The number of methoxy groups -OCH3 is 1. The van der Waals surface area contributed by atoms with Crippen molar-refractivity contribution >= 4 is 17.2 Å². The molecule has 5 nitrogen and oxygen atoms in total. The standard InChI is InChI=1S/C30H32N2O3/c1-4-19(2)35-24-15-11-21(12-16-24)30-29-27(31-25-7-5-6-8-26(25)32-30)17-22(18-28(29)33)20-9-13-23(34-3)14-10-20/h5-16,19,22,30-32H,4,17-18H2,1-3H3. The number of carbonyl (C=O) groups is 1. The fourth-order valence-electron chi connectivity index (χ4n) is 4.91. The zero-order chi connectivity index (χ0) is 24.4. The maximum atomic E-state index is 13.7. The van der Waals surface area contributed by atoms with Gasteiger partial charge in [-0.05, 0) is 73.2 Å². The zero-order valence-electron chi connectivity index (χ0n) is 20.5. The van der Waals surface area contributed by atoms with Crippen LogP contribution in [-0.4, -0.2) is 19.0 Å². The number of rotatable bonds is 6. The summed E-state index contributed by atoms with van der Waals surface area (Å²) in [4.78, 5) is 13.7. The van der Waals surface area contributed by atoms with Crippen molar-refractivity contribution in [3.8, 4) is 11.5 Å². The molecule has 35 heavy (non-hydrogen) atoms. The molecule has 5 heteroatoms. The summed E-state index contributed by atoms with van der Waals surface area (Å²) in [5.41, 5.74) is 5.99. The van der Waals surface area contributed by atoms with Gasteiger partial charge in [0.1, 0.15) is 11.5 Å². The van der Waals surface area contributed by atoms with E-state index in [1.807, 2.05) is 36.4 Å². The number of nitrogens with one attached hydrogen (secondary N) is 2. The maximum absolute atomic E-state index is 13.7. The van der Waals surface area contributed by atoms with Gasteiger partial charge in [-0.15, -0.1) is 0 Å². The first kappa shape index (κ1) is 23.0. The van der Waals surface area contributed by atoms with Gasteiger partial charge in [-0.1, -0.05) is 43.3 Å². The number of allylic oxidation sites excluding steroid dienone is 1. The summed E-state index contributed by atoms with van der Waals surface area (Å²) in [7, 11) is 1.67. The van der Waals surface area contributed by atoms with Crippen molar-refractivity contribution in [1.29, 1.82) is 0 Å². The van der Waals surface area contributed by atoms with Gasteiger partial charge in [0.25, 0.3) is 0 Å². The van der Waals surface area contributed by atoms with Crippen LogP contribution in [0.2, 0.25) is 0 Å². The number of ketones is 1. The first-order valence-electron chi connectivity index (χ1n) is 12.3. The molecule has 2 aliphatic rings. The number of carbonyl (C=O) groups excluding carboxylic acids is 1. The molecule has 0 fully saturated rings. The lowest BCUT2D eigenvalue weighted by molar-refractivity contribution is -0.116. The Hall–Kier alpha value is -3.73. The van der Waals surface area contributed by atoms with Crippen LogP contribution < -0.4 is 20.1 Å². The number of anilines is 2. The Morgan fingerprint density at radius 3 is 2.23 bits per heavy atom. The fraction of sp³-hybridized carbons (Fsp3) is 0.300. The van der Waals surface area contributed by atoms with Gasteiger partial charge in [0.2, 0.25) is 0 Å². The molecule has 5 rings (SSSR count).